The zero-order valence-corrected chi connectivity index (χ0v) is 15.9. The largest absolute Gasteiger partial charge is 0.348 e. The predicted octanol–water partition coefficient (Wildman–Crippen LogP) is 2.44. The number of rotatable bonds is 3. The van der Waals surface area contributed by atoms with Crippen LogP contribution in [0.15, 0.2) is 47.7 Å². The number of para-hydroxylation sites is 1. The third-order valence-corrected chi connectivity index (χ3v) is 5.80. The summed E-state index contributed by atoms with van der Waals surface area (Å²) in [5.41, 5.74) is 6.03. The summed E-state index contributed by atoms with van der Waals surface area (Å²) < 4.78 is 1.89. The lowest BCUT2D eigenvalue weighted by atomic mass is 9.95. The molecule has 5 rings (SSSR count). The maximum Gasteiger partial charge on any atom is 0.252 e. The molecule has 0 radical (unpaired) electrons. The van der Waals surface area contributed by atoms with Gasteiger partial charge < -0.3 is 9.97 Å². The van der Waals surface area contributed by atoms with Crippen LogP contribution in [0.1, 0.15) is 34.3 Å². The fraction of sp³-hybridized carbons (Fsp3) is 0.286. The van der Waals surface area contributed by atoms with Gasteiger partial charge in [0.25, 0.3) is 5.56 Å². The van der Waals surface area contributed by atoms with Gasteiger partial charge in [-0.3, -0.25) is 14.4 Å². The van der Waals surface area contributed by atoms with Crippen molar-refractivity contribution in [2.75, 3.05) is 6.54 Å². The van der Waals surface area contributed by atoms with Gasteiger partial charge in [-0.1, -0.05) is 18.2 Å². The Kier molecular flexibility index (Phi) is 3.91. The number of hydrogen-bond acceptors (Lipinski definition) is 4. The Balaban J connectivity index is 1.58. The molecule has 142 valence electrons. The first-order valence-corrected chi connectivity index (χ1v) is 9.47. The van der Waals surface area contributed by atoms with Gasteiger partial charge in [-0.25, -0.2) is 4.98 Å². The second kappa shape index (κ2) is 6.45. The lowest BCUT2D eigenvalue weighted by Crippen LogP contribution is -2.37. The molecule has 4 heterocycles. The summed E-state index contributed by atoms with van der Waals surface area (Å²) in [5, 5.41) is 5.48. The molecule has 28 heavy (non-hydrogen) atoms. The summed E-state index contributed by atoms with van der Waals surface area (Å²) in [5.74, 6) is 0. The van der Waals surface area contributed by atoms with Crippen LogP contribution in [0.4, 0.5) is 0 Å². The molecule has 1 aromatic carbocycles. The topological polar surface area (TPSA) is 82.6 Å². The number of pyridine rings is 1. The zero-order chi connectivity index (χ0) is 19.3. The van der Waals surface area contributed by atoms with Crippen molar-refractivity contribution in [3.8, 4) is 0 Å². The molecular formula is C21H22N6O. The van der Waals surface area contributed by atoms with E-state index in [1.54, 1.807) is 6.33 Å². The molecule has 1 atom stereocenters. The highest BCUT2D eigenvalue weighted by molar-refractivity contribution is 5.78. The van der Waals surface area contributed by atoms with E-state index in [1.165, 1.54) is 0 Å². The fourth-order valence-corrected chi connectivity index (χ4v) is 4.15. The maximum atomic E-state index is 12.7. The summed E-state index contributed by atoms with van der Waals surface area (Å²) in [6, 6.07) is 9.86. The van der Waals surface area contributed by atoms with Gasteiger partial charge in [0.1, 0.15) is 0 Å². The number of aryl methyl sites for hydroxylation is 1. The van der Waals surface area contributed by atoms with E-state index >= 15 is 0 Å². The molecule has 2 N–H and O–H groups in total. The molecule has 0 saturated heterocycles. The predicted molar refractivity (Wildman–Crippen MR) is 107 cm³/mol. The van der Waals surface area contributed by atoms with Gasteiger partial charge in [0.15, 0.2) is 0 Å². The van der Waals surface area contributed by atoms with Crippen LogP contribution in [0, 0.1) is 6.92 Å². The van der Waals surface area contributed by atoms with E-state index in [0.29, 0.717) is 6.54 Å². The summed E-state index contributed by atoms with van der Waals surface area (Å²) in [6.45, 7) is 3.48. The van der Waals surface area contributed by atoms with Crippen molar-refractivity contribution in [1.82, 2.24) is 29.6 Å². The Labute approximate surface area is 162 Å². The maximum absolute atomic E-state index is 12.7. The molecule has 1 aliphatic rings. The summed E-state index contributed by atoms with van der Waals surface area (Å²) in [6.07, 6.45) is 4.56. The van der Waals surface area contributed by atoms with Gasteiger partial charge >= 0.3 is 0 Å². The first-order chi connectivity index (χ1) is 13.6. The van der Waals surface area contributed by atoms with Crippen molar-refractivity contribution in [2.45, 2.75) is 25.9 Å². The molecule has 0 amide bonds. The molecule has 0 unspecified atom stereocenters. The van der Waals surface area contributed by atoms with Gasteiger partial charge in [0, 0.05) is 54.6 Å². The van der Waals surface area contributed by atoms with E-state index < -0.39 is 0 Å². The van der Waals surface area contributed by atoms with E-state index in [0.717, 1.165) is 52.1 Å². The average Bonchev–Trinajstić information content (AvgIpc) is 3.30. The molecule has 3 aromatic heterocycles. The first kappa shape index (κ1) is 16.9. The number of hydrogen-bond donors (Lipinski definition) is 2. The van der Waals surface area contributed by atoms with Crippen molar-refractivity contribution in [3.05, 3.63) is 81.4 Å². The second-order valence-corrected chi connectivity index (χ2v) is 7.41. The number of imidazole rings is 1. The van der Waals surface area contributed by atoms with Crippen LogP contribution >= 0.6 is 0 Å². The number of benzene rings is 1. The summed E-state index contributed by atoms with van der Waals surface area (Å²) >= 11 is 0. The van der Waals surface area contributed by atoms with E-state index in [1.807, 2.05) is 48.3 Å². The molecular weight excluding hydrogens is 352 g/mol. The normalized spacial score (nSPS) is 17.1. The van der Waals surface area contributed by atoms with E-state index in [9.17, 15) is 4.79 Å². The Bertz CT molecular complexity index is 1220. The second-order valence-electron chi connectivity index (χ2n) is 7.41. The third-order valence-electron chi connectivity index (χ3n) is 5.80. The van der Waals surface area contributed by atoms with Gasteiger partial charge in [0.2, 0.25) is 0 Å². The van der Waals surface area contributed by atoms with Gasteiger partial charge in [-0.2, -0.15) is 5.10 Å². The molecule has 4 aromatic rings. The van der Waals surface area contributed by atoms with Gasteiger partial charge in [0.05, 0.1) is 24.3 Å². The summed E-state index contributed by atoms with van der Waals surface area (Å²) in [4.78, 5) is 25.9. The van der Waals surface area contributed by atoms with Crippen molar-refractivity contribution >= 4 is 10.9 Å². The Morgan fingerprint density at radius 3 is 2.96 bits per heavy atom. The summed E-state index contributed by atoms with van der Waals surface area (Å²) in [7, 11) is 1.95. The van der Waals surface area contributed by atoms with E-state index in [2.05, 4.69) is 31.9 Å². The number of aromatic nitrogens is 5. The van der Waals surface area contributed by atoms with Crippen molar-refractivity contribution in [1.29, 1.82) is 0 Å². The van der Waals surface area contributed by atoms with Gasteiger partial charge in [-0.05, 0) is 24.4 Å². The minimum Gasteiger partial charge on any atom is -0.348 e. The SMILES string of the molecule is Cc1c([C@@H]2c3nc[nH]c3CCN2Cc2cc3ccccc3[nH]c2=O)cnn1C. The fourth-order valence-electron chi connectivity index (χ4n) is 4.15. The molecule has 7 heteroatoms. The molecule has 7 nitrogen and oxygen atoms in total. The molecule has 0 saturated carbocycles. The van der Waals surface area contributed by atoms with Crippen LogP contribution < -0.4 is 5.56 Å². The third kappa shape index (κ3) is 2.66. The monoisotopic (exact) mass is 374 g/mol. The average molecular weight is 374 g/mol. The van der Waals surface area contributed by atoms with Crippen LogP contribution in [0.25, 0.3) is 10.9 Å². The van der Waals surface area contributed by atoms with E-state index in [4.69, 9.17) is 0 Å². The van der Waals surface area contributed by atoms with Crippen molar-refractivity contribution in [2.24, 2.45) is 7.05 Å². The number of fused-ring (bicyclic) bond motifs is 2. The highest BCUT2D eigenvalue weighted by Gasteiger charge is 2.33. The smallest absolute Gasteiger partial charge is 0.252 e. The van der Waals surface area contributed by atoms with Crippen LogP contribution in [0.3, 0.4) is 0 Å². The van der Waals surface area contributed by atoms with Crippen LogP contribution in [-0.4, -0.2) is 36.2 Å². The molecule has 0 aliphatic carbocycles. The number of nitrogens with zero attached hydrogens (tertiary/aromatic N) is 4. The Morgan fingerprint density at radius 1 is 1.29 bits per heavy atom. The lowest BCUT2D eigenvalue weighted by Gasteiger charge is -2.34. The van der Waals surface area contributed by atoms with Crippen LogP contribution in [0.2, 0.25) is 0 Å². The highest BCUT2D eigenvalue weighted by Crippen LogP contribution is 2.35. The van der Waals surface area contributed by atoms with Crippen molar-refractivity contribution < 1.29 is 0 Å². The number of nitrogens with one attached hydrogen (secondary N) is 2. The molecule has 0 bridgehead atoms. The quantitative estimate of drug-likeness (QED) is 0.577. The minimum atomic E-state index is -0.0341. The van der Waals surface area contributed by atoms with Crippen LogP contribution in [-0.2, 0) is 20.0 Å². The molecule has 0 fully saturated rings. The number of H-pyrrole nitrogens is 2. The molecule has 1 aliphatic heterocycles. The van der Waals surface area contributed by atoms with Crippen LogP contribution in [0.5, 0.6) is 0 Å². The first-order valence-electron chi connectivity index (χ1n) is 9.47. The minimum absolute atomic E-state index is 0.0189. The van der Waals surface area contributed by atoms with E-state index in [-0.39, 0.29) is 11.6 Å². The number of aromatic amines is 2. The van der Waals surface area contributed by atoms with Crippen molar-refractivity contribution in [3.63, 3.8) is 0 Å². The highest BCUT2D eigenvalue weighted by atomic mass is 16.1. The zero-order valence-electron chi connectivity index (χ0n) is 15.9. The Morgan fingerprint density at radius 2 is 2.14 bits per heavy atom. The lowest BCUT2D eigenvalue weighted by molar-refractivity contribution is 0.199. The Hall–Kier alpha value is -3.19. The molecule has 0 spiro atoms. The standard InChI is InChI=1S/C21H22N6O/c1-13-16(10-24-26(13)2)20-19-18(22-12-23-19)7-8-27(20)11-15-9-14-5-3-4-6-17(14)25-21(15)28/h3-6,9-10,12,20H,7-8,11H2,1-2H3,(H,22,23)(H,25,28)/t20-/m1/s1. The van der Waals surface area contributed by atoms with Gasteiger partial charge in [-0.15, -0.1) is 0 Å².